The lowest BCUT2D eigenvalue weighted by Gasteiger charge is -2.28. The average Bonchev–Trinajstić information content (AvgIpc) is 2.09. The Kier molecular flexibility index (Phi) is 3.98. The summed E-state index contributed by atoms with van der Waals surface area (Å²) in [7, 11) is 0. The molecule has 0 aromatic heterocycles. The van der Waals surface area contributed by atoms with Crippen molar-refractivity contribution in [2.45, 2.75) is 44.3 Å². The highest BCUT2D eigenvalue weighted by atomic mass is 16.3. The molecule has 0 aromatic rings. The topological polar surface area (TPSA) is 60.7 Å². The Morgan fingerprint density at radius 1 is 1.25 bits per heavy atom. The lowest BCUT2D eigenvalue weighted by atomic mass is 9.83. The van der Waals surface area contributed by atoms with Crippen molar-refractivity contribution in [3.63, 3.8) is 0 Å². The molecule has 1 fully saturated rings. The molecule has 0 aliphatic heterocycles. The van der Waals surface area contributed by atoms with Gasteiger partial charge >= 0.3 is 0 Å². The van der Waals surface area contributed by atoms with Gasteiger partial charge in [0.1, 0.15) is 0 Å². The van der Waals surface area contributed by atoms with Crippen LogP contribution in [-0.2, 0) is 0 Å². The average molecular weight is 174 g/mol. The van der Waals surface area contributed by atoms with Crippen molar-refractivity contribution in [2.24, 2.45) is 5.92 Å². The zero-order valence-corrected chi connectivity index (χ0v) is 7.32. The van der Waals surface area contributed by atoms with Gasteiger partial charge in [0.2, 0.25) is 0 Å². The second kappa shape index (κ2) is 4.80. The van der Waals surface area contributed by atoms with Gasteiger partial charge in [-0.25, -0.2) is 0 Å². The molecule has 12 heavy (non-hydrogen) atoms. The van der Waals surface area contributed by atoms with Gasteiger partial charge in [-0.2, -0.15) is 0 Å². The molecule has 3 N–H and O–H groups in total. The zero-order valence-electron chi connectivity index (χ0n) is 7.32. The van der Waals surface area contributed by atoms with E-state index in [0.717, 1.165) is 25.7 Å². The Balaban J connectivity index is 2.28. The van der Waals surface area contributed by atoms with Gasteiger partial charge < -0.3 is 15.3 Å². The SMILES string of the molecule is OCC(O)CC1CCCCC1O. The number of rotatable bonds is 3. The normalized spacial score (nSPS) is 33.2. The molecule has 3 nitrogen and oxygen atoms in total. The van der Waals surface area contributed by atoms with E-state index in [0.29, 0.717) is 6.42 Å². The molecule has 72 valence electrons. The standard InChI is InChI=1S/C9H18O3/c10-6-8(11)5-7-3-1-2-4-9(7)12/h7-12H,1-6H2. The predicted molar refractivity (Wildman–Crippen MR) is 45.7 cm³/mol. The van der Waals surface area contributed by atoms with Crippen LogP contribution in [0.2, 0.25) is 0 Å². The Morgan fingerprint density at radius 2 is 1.92 bits per heavy atom. The van der Waals surface area contributed by atoms with Gasteiger partial charge in [-0.15, -0.1) is 0 Å². The van der Waals surface area contributed by atoms with Gasteiger partial charge in [0.25, 0.3) is 0 Å². The molecular formula is C9H18O3. The maximum absolute atomic E-state index is 9.52. The number of hydrogen-bond acceptors (Lipinski definition) is 3. The van der Waals surface area contributed by atoms with E-state index in [2.05, 4.69) is 0 Å². The number of hydrogen-bond donors (Lipinski definition) is 3. The summed E-state index contributed by atoms with van der Waals surface area (Å²) in [6, 6.07) is 0. The van der Waals surface area contributed by atoms with E-state index >= 15 is 0 Å². The molecule has 1 saturated carbocycles. The van der Waals surface area contributed by atoms with Crippen molar-refractivity contribution in [3.8, 4) is 0 Å². The molecule has 3 heteroatoms. The minimum absolute atomic E-state index is 0.191. The van der Waals surface area contributed by atoms with Crippen molar-refractivity contribution in [3.05, 3.63) is 0 Å². The van der Waals surface area contributed by atoms with Gasteiger partial charge in [0, 0.05) is 0 Å². The fourth-order valence-electron chi connectivity index (χ4n) is 1.89. The highest BCUT2D eigenvalue weighted by Gasteiger charge is 2.24. The summed E-state index contributed by atoms with van der Waals surface area (Å²) in [5, 5.41) is 27.3. The molecule has 0 radical (unpaired) electrons. The lowest BCUT2D eigenvalue weighted by molar-refractivity contribution is 0.0155. The summed E-state index contributed by atoms with van der Waals surface area (Å²) in [4.78, 5) is 0. The van der Waals surface area contributed by atoms with Gasteiger partial charge in [-0.05, 0) is 25.2 Å². The van der Waals surface area contributed by atoms with Crippen molar-refractivity contribution in [2.75, 3.05) is 6.61 Å². The zero-order chi connectivity index (χ0) is 8.97. The minimum atomic E-state index is -0.650. The highest BCUT2D eigenvalue weighted by Crippen LogP contribution is 2.27. The van der Waals surface area contributed by atoms with Crippen molar-refractivity contribution in [1.82, 2.24) is 0 Å². The maximum Gasteiger partial charge on any atom is 0.0774 e. The largest absolute Gasteiger partial charge is 0.394 e. The van der Waals surface area contributed by atoms with Crippen LogP contribution < -0.4 is 0 Å². The third-order valence-electron chi connectivity index (χ3n) is 2.65. The molecule has 0 saturated heterocycles. The second-order valence-electron chi connectivity index (χ2n) is 3.68. The van der Waals surface area contributed by atoms with E-state index in [4.69, 9.17) is 10.2 Å². The summed E-state index contributed by atoms with van der Waals surface area (Å²) in [6.45, 7) is -0.191. The first kappa shape index (κ1) is 9.96. The smallest absolute Gasteiger partial charge is 0.0774 e. The van der Waals surface area contributed by atoms with E-state index < -0.39 is 6.10 Å². The molecule has 0 heterocycles. The molecule has 1 aliphatic rings. The van der Waals surface area contributed by atoms with Crippen molar-refractivity contribution < 1.29 is 15.3 Å². The summed E-state index contributed by atoms with van der Waals surface area (Å²) in [5.41, 5.74) is 0. The van der Waals surface area contributed by atoms with Crippen LogP contribution in [0.25, 0.3) is 0 Å². The van der Waals surface area contributed by atoms with Crippen LogP contribution in [0, 0.1) is 5.92 Å². The predicted octanol–water partition coefficient (Wildman–Crippen LogP) is 0.281. The van der Waals surface area contributed by atoms with Crippen LogP contribution in [0.3, 0.4) is 0 Å². The first-order chi connectivity index (χ1) is 5.74. The third-order valence-corrected chi connectivity index (χ3v) is 2.65. The number of aliphatic hydroxyl groups excluding tert-OH is 3. The van der Waals surface area contributed by atoms with Crippen LogP contribution in [0.15, 0.2) is 0 Å². The van der Waals surface area contributed by atoms with Gasteiger partial charge in [-0.1, -0.05) is 12.8 Å². The van der Waals surface area contributed by atoms with E-state index in [9.17, 15) is 5.11 Å². The van der Waals surface area contributed by atoms with Gasteiger partial charge in [-0.3, -0.25) is 0 Å². The first-order valence-corrected chi connectivity index (χ1v) is 4.71. The maximum atomic E-state index is 9.52. The molecule has 0 bridgehead atoms. The van der Waals surface area contributed by atoms with Crippen molar-refractivity contribution in [1.29, 1.82) is 0 Å². The van der Waals surface area contributed by atoms with E-state index in [-0.39, 0.29) is 18.6 Å². The lowest BCUT2D eigenvalue weighted by Crippen LogP contribution is -2.29. The first-order valence-electron chi connectivity index (χ1n) is 4.71. The van der Waals surface area contributed by atoms with Crippen LogP contribution in [-0.4, -0.2) is 34.1 Å². The molecule has 0 aromatic carbocycles. The molecule has 1 rings (SSSR count). The third kappa shape index (κ3) is 2.73. The Hall–Kier alpha value is -0.120. The quantitative estimate of drug-likeness (QED) is 0.576. The fraction of sp³-hybridized carbons (Fsp3) is 1.00. The second-order valence-corrected chi connectivity index (χ2v) is 3.68. The summed E-state index contributed by atoms with van der Waals surface area (Å²) >= 11 is 0. The van der Waals surface area contributed by atoms with Crippen LogP contribution in [0.4, 0.5) is 0 Å². The summed E-state index contributed by atoms with van der Waals surface area (Å²) < 4.78 is 0. The molecule has 3 atom stereocenters. The van der Waals surface area contributed by atoms with E-state index in [1.165, 1.54) is 0 Å². The van der Waals surface area contributed by atoms with Crippen LogP contribution >= 0.6 is 0 Å². The molecule has 0 amide bonds. The Labute approximate surface area is 73.0 Å². The Bertz CT molecular complexity index is 127. The summed E-state index contributed by atoms with van der Waals surface area (Å²) in [6.07, 6.45) is 3.69. The van der Waals surface area contributed by atoms with Crippen molar-refractivity contribution >= 4 is 0 Å². The van der Waals surface area contributed by atoms with Gasteiger partial charge in [0.05, 0.1) is 18.8 Å². The number of aliphatic hydroxyl groups is 3. The summed E-state index contributed by atoms with van der Waals surface area (Å²) in [5.74, 6) is 0.195. The van der Waals surface area contributed by atoms with Gasteiger partial charge in [0.15, 0.2) is 0 Å². The molecule has 3 unspecified atom stereocenters. The highest BCUT2D eigenvalue weighted by molar-refractivity contribution is 4.76. The fourth-order valence-corrected chi connectivity index (χ4v) is 1.89. The minimum Gasteiger partial charge on any atom is -0.394 e. The van der Waals surface area contributed by atoms with E-state index in [1.54, 1.807) is 0 Å². The monoisotopic (exact) mass is 174 g/mol. The molecule has 1 aliphatic carbocycles. The molecular weight excluding hydrogens is 156 g/mol. The van der Waals surface area contributed by atoms with E-state index in [1.807, 2.05) is 0 Å². The van der Waals surface area contributed by atoms with Crippen LogP contribution in [0.5, 0.6) is 0 Å². The molecule has 0 spiro atoms. The Morgan fingerprint density at radius 3 is 2.50 bits per heavy atom. The van der Waals surface area contributed by atoms with Crippen LogP contribution in [0.1, 0.15) is 32.1 Å².